The Morgan fingerprint density at radius 3 is 2.23 bits per heavy atom. The molecule has 258 valence electrons. The maximum atomic E-state index is 14.0. The van der Waals surface area contributed by atoms with E-state index < -0.39 is 54.2 Å². The Morgan fingerprint density at radius 1 is 1.00 bits per heavy atom. The summed E-state index contributed by atoms with van der Waals surface area (Å²) in [4.78, 5) is 82.8. The summed E-state index contributed by atoms with van der Waals surface area (Å²) >= 11 is 0. The number of likely N-dealkylation sites (N-methyl/N-ethyl adjacent to an activating group) is 1. The molecule has 3 aliphatic rings. The minimum absolute atomic E-state index is 0.0153. The number of Topliss-reactive ketones (excluding diaryl/α,β-unsaturated/α-hetero) is 1. The van der Waals surface area contributed by atoms with Gasteiger partial charge in [-0.05, 0) is 53.9 Å². The molecule has 4 rings (SSSR count). The fraction of sp³-hybridized carbons (Fsp3) is 0.657. The Bertz CT molecular complexity index is 1340. The van der Waals surface area contributed by atoms with Gasteiger partial charge in [0, 0.05) is 20.6 Å². The molecule has 1 saturated heterocycles. The Labute approximate surface area is 277 Å². The van der Waals surface area contributed by atoms with Crippen molar-refractivity contribution in [2.24, 2.45) is 34.8 Å². The summed E-state index contributed by atoms with van der Waals surface area (Å²) in [5.74, 6) is -3.43. The quantitative estimate of drug-likeness (QED) is 0.234. The van der Waals surface area contributed by atoms with Crippen molar-refractivity contribution in [3.63, 3.8) is 0 Å². The zero-order valence-corrected chi connectivity index (χ0v) is 28.6. The lowest BCUT2D eigenvalue weighted by molar-refractivity contribution is -0.144. The molecule has 0 bridgehead atoms. The number of carbonyl (C=O) groups excluding carboxylic acids is 6. The minimum atomic E-state index is -1.10. The average molecular weight is 653 g/mol. The van der Waals surface area contributed by atoms with Crippen molar-refractivity contribution in [1.29, 1.82) is 0 Å². The molecule has 2 saturated carbocycles. The third-order valence-electron chi connectivity index (χ3n) is 10.1. The first-order chi connectivity index (χ1) is 22.1. The number of rotatable bonds is 13. The maximum Gasteiger partial charge on any atom is 0.290 e. The molecule has 5 amide bonds. The van der Waals surface area contributed by atoms with Crippen LogP contribution < -0.4 is 21.7 Å². The summed E-state index contributed by atoms with van der Waals surface area (Å²) in [7, 11) is 3.16. The number of hydrogen-bond donors (Lipinski definition) is 4. The van der Waals surface area contributed by atoms with Crippen LogP contribution in [0, 0.1) is 29.1 Å². The predicted molar refractivity (Wildman–Crippen MR) is 176 cm³/mol. The van der Waals surface area contributed by atoms with Gasteiger partial charge in [0.1, 0.15) is 12.1 Å². The SMILES string of the molecule is CC(C)C(N)C(=O)N1C[C@@H]2CC(C)(C)C[C@@H]2C1C(=O)NC(CC1CCC1)C(=O)C(=O)NCC(=O)NC(C(=O)N(C)C)c1ccccc1. The molecule has 1 heterocycles. The van der Waals surface area contributed by atoms with Gasteiger partial charge in [-0.15, -0.1) is 0 Å². The number of fused-ring (bicyclic) bond motifs is 1. The number of carbonyl (C=O) groups is 6. The fourth-order valence-electron chi connectivity index (χ4n) is 7.32. The van der Waals surface area contributed by atoms with E-state index in [0.29, 0.717) is 18.5 Å². The van der Waals surface area contributed by atoms with E-state index in [4.69, 9.17) is 5.73 Å². The molecule has 5 N–H and O–H groups in total. The van der Waals surface area contributed by atoms with Gasteiger partial charge in [0.15, 0.2) is 0 Å². The Hall–Kier alpha value is -3.80. The van der Waals surface area contributed by atoms with Crippen LogP contribution in [0.4, 0.5) is 0 Å². The zero-order chi connectivity index (χ0) is 34.6. The molecule has 4 unspecified atom stereocenters. The number of likely N-dealkylation sites (tertiary alicyclic amines) is 1. The van der Waals surface area contributed by atoms with Crippen molar-refractivity contribution >= 4 is 35.3 Å². The number of nitrogens with one attached hydrogen (secondary N) is 3. The summed E-state index contributed by atoms with van der Waals surface area (Å²) in [5.41, 5.74) is 6.85. The zero-order valence-electron chi connectivity index (χ0n) is 28.6. The number of amides is 5. The summed E-state index contributed by atoms with van der Waals surface area (Å²) in [6.45, 7) is 7.96. The van der Waals surface area contributed by atoms with E-state index in [1.165, 1.54) is 4.90 Å². The average Bonchev–Trinajstić information content (AvgIpc) is 3.49. The smallest absolute Gasteiger partial charge is 0.290 e. The lowest BCUT2D eigenvalue weighted by Gasteiger charge is -2.34. The van der Waals surface area contributed by atoms with E-state index in [1.54, 1.807) is 49.3 Å². The van der Waals surface area contributed by atoms with Crippen LogP contribution in [0.25, 0.3) is 0 Å². The van der Waals surface area contributed by atoms with Gasteiger partial charge in [0.2, 0.25) is 29.4 Å². The van der Waals surface area contributed by atoms with Crippen molar-refractivity contribution in [3.05, 3.63) is 35.9 Å². The molecule has 12 heteroatoms. The fourth-order valence-corrected chi connectivity index (χ4v) is 7.32. The molecular weight excluding hydrogens is 600 g/mol. The molecule has 2 aliphatic carbocycles. The molecule has 6 atom stereocenters. The van der Waals surface area contributed by atoms with Gasteiger partial charge in [0.25, 0.3) is 5.91 Å². The standard InChI is InChI=1S/C35H52N6O6/c1-20(2)27(36)33(46)41-19-23-16-35(3,4)17-24(23)29(41)31(44)38-25(15-21-11-10-12-21)30(43)32(45)37-18-26(42)39-28(34(47)40(5)6)22-13-8-7-9-14-22/h7-9,13-14,20-21,23-25,27-29H,10-12,15-19,36H2,1-6H3,(H,37,45)(H,38,44)(H,39,42)/t23-,24-,25?,27?,28?,29?/m0/s1. The Kier molecular flexibility index (Phi) is 11.5. The van der Waals surface area contributed by atoms with Gasteiger partial charge in [-0.1, -0.05) is 77.3 Å². The first-order valence-corrected chi connectivity index (χ1v) is 16.8. The lowest BCUT2D eigenvalue weighted by atomic mass is 9.80. The Balaban J connectivity index is 1.45. The van der Waals surface area contributed by atoms with Crippen molar-refractivity contribution in [3.8, 4) is 0 Å². The minimum Gasteiger partial charge on any atom is -0.347 e. The van der Waals surface area contributed by atoms with Crippen LogP contribution in [0.1, 0.15) is 77.8 Å². The maximum absolute atomic E-state index is 14.0. The van der Waals surface area contributed by atoms with Gasteiger partial charge < -0.3 is 31.5 Å². The van der Waals surface area contributed by atoms with E-state index in [0.717, 1.165) is 32.1 Å². The number of nitrogens with two attached hydrogens (primary N) is 1. The second kappa shape index (κ2) is 15.0. The van der Waals surface area contributed by atoms with Crippen LogP contribution in [-0.4, -0.2) is 90.4 Å². The van der Waals surface area contributed by atoms with E-state index in [1.807, 2.05) is 13.8 Å². The van der Waals surface area contributed by atoms with Crippen LogP contribution in [0.2, 0.25) is 0 Å². The summed E-state index contributed by atoms with van der Waals surface area (Å²) in [5, 5.41) is 7.89. The van der Waals surface area contributed by atoms with Crippen molar-refractivity contribution in [2.45, 2.75) is 90.4 Å². The van der Waals surface area contributed by atoms with Gasteiger partial charge in [0.05, 0.1) is 18.6 Å². The molecule has 0 radical (unpaired) electrons. The van der Waals surface area contributed by atoms with Crippen molar-refractivity contribution < 1.29 is 28.8 Å². The van der Waals surface area contributed by atoms with E-state index in [2.05, 4.69) is 29.8 Å². The van der Waals surface area contributed by atoms with Crippen molar-refractivity contribution in [1.82, 2.24) is 25.8 Å². The van der Waals surface area contributed by atoms with E-state index >= 15 is 0 Å². The predicted octanol–water partition coefficient (Wildman–Crippen LogP) is 1.54. The van der Waals surface area contributed by atoms with Crippen LogP contribution in [0.5, 0.6) is 0 Å². The first-order valence-electron chi connectivity index (χ1n) is 16.8. The molecule has 47 heavy (non-hydrogen) atoms. The van der Waals surface area contributed by atoms with Gasteiger partial charge in [-0.25, -0.2) is 0 Å². The number of nitrogens with zero attached hydrogens (tertiary/aromatic N) is 2. The van der Waals surface area contributed by atoms with Gasteiger partial charge in [-0.3, -0.25) is 28.8 Å². The van der Waals surface area contributed by atoms with E-state index in [-0.39, 0.29) is 40.9 Å². The highest BCUT2D eigenvalue weighted by atomic mass is 16.2. The second-order valence-corrected chi connectivity index (χ2v) is 15.0. The number of ketones is 1. The van der Waals surface area contributed by atoms with Gasteiger partial charge in [-0.2, -0.15) is 0 Å². The van der Waals surface area contributed by atoms with Crippen LogP contribution in [0.3, 0.4) is 0 Å². The highest BCUT2D eigenvalue weighted by Gasteiger charge is 2.55. The molecule has 0 aromatic heterocycles. The van der Waals surface area contributed by atoms with Crippen LogP contribution in [-0.2, 0) is 28.8 Å². The molecule has 1 aromatic rings. The third kappa shape index (κ3) is 8.57. The highest BCUT2D eigenvalue weighted by Crippen LogP contribution is 2.51. The molecular formula is C35H52N6O6. The highest BCUT2D eigenvalue weighted by molar-refractivity contribution is 6.38. The number of hydrogen-bond acceptors (Lipinski definition) is 7. The summed E-state index contributed by atoms with van der Waals surface area (Å²) in [6.07, 6.45) is 4.72. The largest absolute Gasteiger partial charge is 0.347 e. The van der Waals surface area contributed by atoms with Gasteiger partial charge >= 0.3 is 0 Å². The monoisotopic (exact) mass is 652 g/mol. The lowest BCUT2D eigenvalue weighted by Crippen LogP contribution is -2.58. The van der Waals surface area contributed by atoms with Crippen molar-refractivity contribution in [2.75, 3.05) is 27.2 Å². The molecule has 3 fully saturated rings. The molecule has 1 aromatic carbocycles. The molecule has 12 nitrogen and oxygen atoms in total. The van der Waals surface area contributed by atoms with Crippen LogP contribution in [0.15, 0.2) is 30.3 Å². The second-order valence-electron chi connectivity index (χ2n) is 15.0. The summed E-state index contributed by atoms with van der Waals surface area (Å²) < 4.78 is 0. The topological polar surface area (TPSA) is 171 Å². The molecule has 1 aliphatic heterocycles. The Morgan fingerprint density at radius 2 is 1.66 bits per heavy atom. The summed E-state index contributed by atoms with van der Waals surface area (Å²) in [6, 6.07) is 5.12. The van der Waals surface area contributed by atoms with Crippen LogP contribution >= 0.6 is 0 Å². The van der Waals surface area contributed by atoms with E-state index in [9.17, 15) is 28.8 Å². The number of benzene rings is 1. The normalized spacial score (nSPS) is 23.6. The third-order valence-corrected chi connectivity index (χ3v) is 10.1. The molecule has 0 spiro atoms. The first kappa shape index (κ1) is 36.0.